The monoisotopic (exact) mass is 324 g/mol. The number of nitrogens with zero attached hydrogens (tertiary/aromatic N) is 1. The van der Waals surface area contributed by atoms with Crippen LogP contribution in [0.15, 0.2) is 18.2 Å². The number of nitrogen functional groups attached to an aromatic ring is 1. The number of nitrogens with one attached hydrogen (secondary N) is 2. The molecule has 0 aromatic heterocycles. The molecule has 1 aliphatic heterocycles. The Hall–Kier alpha value is -1.59. The molecule has 0 spiro atoms. The number of hydrogen-bond donors (Lipinski definition) is 3. The Morgan fingerprint density at radius 3 is 2.86 bits per heavy atom. The van der Waals surface area contributed by atoms with Crippen LogP contribution >= 0.6 is 11.6 Å². The Morgan fingerprint density at radius 2 is 2.32 bits per heavy atom. The largest absolute Gasteiger partial charge is 0.398 e. The van der Waals surface area contributed by atoms with Crippen molar-refractivity contribution in [3.8, 4) is 0 Å². The number of anilines is 1. The molecule has 22 heavy (non-hydrogen) atoms. The Bertz CT molecular complexity index is 507. The molecule has 1 aliphatic rings. The molecule has 1 aromatic carbocycles. The number of amides is 1. The maximum atomic E-state index is 10.6. The number of carbonyl (C=O) groups is 1. The minimum atomic E-state index is 0.0863. The van der Waals surface area contributed by atoms with E-state index < -0.39 is 0 Å². The lowest BCUT2D eigenvalue weighted by Crippen LogP contribution is -2.38. The van der Waals surface area contributed by atoms with Crippen molar-refractivity contribution in [2.45, 2.75) is 19.8 Å². The number of halogens is 1. The summed E-state index contributed by atoms with van der Waals surface area (Å²) in [5, 5.41) is 10.4. The predicted molar refractivity (Wildman–Crippen MR) is 92.7 cm³/mol. The van der Waals surface area contributed by atoms with Crippen LogP contribution in [0.4, 0.5) is 5.69 Å². The Labute approximate surface area is 137 Å². The summed E-state index contributed by atoms with van der Waals surface area (Å²) in [7, 11) is 2.14. The molecular formula is C16H25ClN4O. The van der Waals surface area contributed by atoms with Crippen molar-refractivity contribution >= 4 is 29.4 Å². The number of likely N-dealkylation sites (tertiary alicyclic amines) is 1. The lowest BCUT2D eigenvalue weighted by Gasteiger charge is -2.29. The van der Waals surface area contributed by atoms with Crippen molar-refractivity contribution in [3.05, 3.63) is 28.8 Å². The first-order chi connectivity index (χ1) is 10.4. The van der Waals surface area contributed by atoms with Gasteiger partial charge in [-0.1, -0.05) is 11.6 Å². The maximum absolute atomic E-state index is 10.6. The van der Waals surface area contributed by atoms with Crippen molar-refractivity contribution < 1.29 is 4.79 Å². The van der Waals surface area contributed by atoms with E-state index in [0.717, 1.165) is 13.1 Å². The lowest BCUT2D eigenvalue weighted by atomic mass is 9.98. The van der Waals surface area contributed by atoms with Crippen molar-refractivity contribution in [2.75, 3.05) is 32.4 Å². The minimum Gasteiger partial charge on any atom is -0.398 e. The van der Waals surface area contributed by atoms with Gasteiger partial charge in [0.2, 0.25) is 5.91 Å². The average molecular weight is 325 g/mol. The number of benzene rings is 1. The minimum absolute atomic E-state index is 0.0863. The van der Waals surface area contributed by atoms with Crippen LogP contribution in [-0.4, -0.2) is 43.7 Å². The first kappa shape index (κ1) is 18.5. The highest BCUT2D eigenvalue weighted by Crippen LogP contribution is 2.15. The lowest BCUT2D eigenvalue weighted by molar-refractivity contribution is -0.119. The fourth-order valence-electron chi connectivity index (χ4n) is 2.40. The Morgan fingerprint density at radius 1 is 1.59 bits per heavy atom. The van der Waals surface area contributed by atoms with E-state index in [2.05, 4.69) is 17.3 Å². The molecule has 1 fully saturated rings. The van der Waals surface area contributed by atoms with Gasteiger partial charge < -0.3 is 21.4 Å². The molecule has 1 aromatic rings. The third-order valence-electron chi connectivity index (χ3n) is 3.57. The summed E-state index contributed by atoms with van der Waals surface area (Å²) in [5.41, 5.74) is 6.74. The quantitative estimate of drug-likeness (QED) is 0.589. The zero-order chi connectivity index (χ0) is 16.5. The Balaban J connectivity index is 0.000000224. The SMILES string of the molecule is CC(=O)NCC1CCCN(C)C1.N=Cc1ccc(Cl)cc1N. The molecule has 0 bridgehead atoms. The summed E-state index contributed by atoms with van der Waals surface area (Å²) in [6.45, 7) is 4.75. The first-order valence-corrected chi connectivity index (χ1v) is 7.78. The number of hydrogen-bond acceptors (Lipinski definition) is 4. The molecule has 1 saturated heterocycles. The topological polar surface area (TPSA) is 82.2 Å². The average Bonchev–Trinajstić information content (AvgIpc) is 2.46. The van der Waals surface area contributed by atoms with Gasteiger partial charge in [-0.3, -0.25) is 4.79 Å². The van der Waals surface area contributed by atoms with Gasteiger partial charge >= 0.3 is 0 Å². The van der Waals surface area contributed by atoms with Gasteiger partial charge in [0.25, 0.3) is 0 Å². The molecule has 5 nitrogen and oxygen atoms in total. The zero-order valence-electron chi connectivity index (χ0n) is 13.2. The molecule has 1 amide bonds. The van der Waals surface area contributed by atoms with Gasteiger partial charge in [-0.15, -0.1) is 0 Å². The maximum Gasteiger partial charge on any atom is 0.216 e. The molecule has 122 valence electrons. The number of piperidine rings is 1. The predicted octanol–water partition coefficient (Wildman–Crippen LogP) is 2.38. The number of nitrogens with two attached hydrogens (primary N) is 1. The van der Waals surface area contributed by atoms with Gasteiger partial charge in [-0.25, -0.2) is 0 Å². The zero-order valence-corrected chi connectivity index (χ0v) is 14.0. The smallest absolute Gasteiger partial charge is 0.216 e. The van der Waals surface area contributed by atoms with Crippen molar-refractivity contribution in [1.82, 2.24) is 10.2 Å². The molecule has 4 N–H and O–H groups in total. The van der Waals surface area contributed by atoms with E-state index in [4.69, 9.17) is 22.7 Å². The van der Waals surface area contributed by atoms with Gasteiger partial charge in [0, 0.05) is 42.5 Å². The summed E-state index contributed by atoms with van der Waals surface area (Å²) in [6.07, 6.45) is 3.72. The summed E-state index contributed by atoms with van der Waals surface area (Å²) < 4.78 is 0. The van der Waals surface area contributed by atoms with E-state index in [-0.39, 0.29) is 5.91 Å². The van der Waals surface area contributed by atoms with Crippen molar-refractivity contribution in [3.63, 3.8) is 0 Å². The van der Waals surface area contributed by atoms with E-state index in [0.29, 0.717) is 22.2 Å². The van der Waals surface area contributed by atoms with Crippen molar-refractivity contribution in [2.24, 2.45) is 5.92 Å². The molecule has 1 unspecified atom stereocenters. The van der Waals surface area contributed by atoms with Gasteiger partial charge in [0.1, 0.15) is 0 Å². The van der Waals surface area contributed by atoms with Crippen LogP contribution in [0.1, 0.15) is 25.3 Å². The third kappa shape index (κ3) is 6.91. The van der Waals surface area contributed by atoms with Crippen LogP contribution in [0.5, 0.6) is 0 Å². The van der Waals surface area contributed by atoms with Gasteiger partial charge in [-0.05, 0) is 50.6 Å². The molecule has 2 rings (SSSR count). The first-order valence-electron chi connectivity index (χ1n) is 7.41. The highest BCUT2D eigenvalue weighted by molar-refractivity contribution is 6.31. The highest BCUT2D eigenvalue weighted by Gasteiger charge is 2.16. The fourth-order valence-corrected chi connectivity index (χ4v) is 2.59. The second-order valence-electron chi connectivity index (χ2n) is 5.63. The van der Waals surface area contributed by atoms with Gasteiger partial charge in [-0.2, -0.15) is 0 Å². The molecule has 0 aliphatic carbocycles. The van der Waals surface area contributed by atoms with Crippen LogP contribution in [0.2, 0.25) is 5.02 Å². The fraction of sp³-hybridized carbons (Fsp3) is 0.500. The molecule has 6 heteroatoms. The molecule has 1 atom stereocenters. The van der Waals surface area contributed by atoms with E-state index >= 15 is 0 Å². The summed E-state index contributed by atoms with van der Waals surface area (Å²) in [6, 6.07) is 5.05. The van der Waals surface area contributed by atoms with E-state index in [9.17, 15) is 4.79 Å². The van der Waals surface area contributed by atoms with Gasteiger partial charge in [0.05, 0.1) is 0 Å². The standard InChI is InChI=1S/C9H18N2O.C7H7ClN2/c1-8(12)10-6-9-4-3-5-11(2)7-9;8-6-2-1-5(4-9)7(10)3-6/h9H,3-7H2,1-2H3,(H,10,12);1-4,9H,10H2. The van der Waals surface area contributed by atoms with Crippen LogP contribution in [-0.2, 0) is 4.79 Å². The summed E-state index contributed by atoms with van der Waals surface area (Å²) in [5.74, 6) is 0.746. The van der Waals surface area contributed by atoms with Gasteiger partial charge in [0.15, 0.2) is 0 Å². The van der Waals surface area contributed by atoms with Crippen molar-refractivity contribution in [1.29, 1.82) is 5.41 Å². The second-order valence-corrected chi connectivity index (χ2v) is 6.06. The normalized spacial score (nSPS) is 18.0. The molecule has 1 heterocycles. The summed E-state index contributed by atoms with van der Waals surface area (Å²) in [4.78, 5) is 13.0. The second kappa shape index (κ2) is 9.43. The van der Waals surface area contributed by atoms with Crippen LogP contribution in [0.3, 0.4) is 0 Å². The number of carbonyl (C=O) groups excluding carboxylic acids is 1. The van der Waals surface area contributed by atoms with E-state index in [1.54, 1.807) is 25.1 Å². The van der Waals surface area contributed by atoms with Crippen LogP contribution < -0.4 is 11.1 Å². The third-order valence-corrected chi connectivity index (χ3v) is 3.80. The molecular weight excluding hydrogens is 300 g/mol. The van der Waals surface area contributed by atoms with E-state index in [1.807, 2.05) is 0 Å². The number of rotatable bonds is 3. The molecule has 0 radical (unpaired) electrons. The van der Waals surface area contributed by atoms with Crippen LogP contribution in [0, 0.1) is 11.3 Å². The Kier molecular flexibility index (Phi) is 7.91. The van der Waals surface area contributed by atoms with E-state index in [1.165, 1.54) is 25.6 Å². The summed E-state index contributed by atoms with van der Waals surface area (Å²) >= 11 is 5.62. The van der Waals surface area contributed by atoms with Crippen LogP contribution in [0.25, 0.3) is 0 Å². The molecule has 0 saturated carbocycles. The highest BCUT2D eigenvalue weighted by atomic mass is 35.5.